The Morgan fingerprint density at radius 1 is 1.20 bits per heavy atom. The first kappa shape index (κ1) is 12.1. The van der Waals surface area contributed by atoms with Crippen molar-refractivity contribution in [2.24, 2.45) is 0 Å². The Kier molecular flexibility index (Phi) is 5.19. The summed E-state index contributed by atoms with van der Waals surface area (Å²) in [6.07, 6.45) is 2.20. The van der Waals surface area contributed by atoms with E-state index in [0.29, 0.717) is 0 Å². The van der Waals surface area contributed by atoms with Gasteiger partial charge in [0.25, 0.3) is 0 Å². The lowest BCUT2D eigenvalue weighted by Gasteiger charge is -2.14. The summed E-state index contributed by atoms with van der Waals surface area (Å²) < 4.78 is 10.7. The maximum atomic E-state index is 5.74. The zero-order valence-corrected chi connectivity index (χ0v) is 9.82. The Hall–Kier alpha value is -1.02. The monoisotopic (exact) mass is 208 g/mol. The highest BCUT2D eigenvalue weighted by Gasteiger charge is 2.03. The van der Waals surface area contributed by atoms with Crippen molar-refractivity contribution >= 4 is 0 Å². The normalized spacial score (nSPS) is 12.5. The van der Waals surface area contributed by atoms with Gasteiger partial charge < -0.3 is 9.47 Å². The fourth-order valence-corrected chi connectivity index (χ4v) is 1.38. The van der Waals surface area contributed by atoms with Gasteiger partial charge in [-0.1, -0.05) is 19.1 Å². The summed E-state index contributed by atoms with van der Waals surface area (Å²) in [7, 11) is 1.71. The van der Waals surface area contributed by atoms with E-state index >= 15 is 0 Å². The van der Waals surface area contributed by atoms with Crippen LogP contribution in [0.25, 0.3) is 0 Å². The van der Waals surface area contributed by atoms with Crippen molar-refractivity contribution in [2.45, 2.75) is 32.8 Å². The third kappa shape index (κ3) is 4.34. The van der Waals surface area contributed by atoms with Crippen molar-refractivity contribution in [3.8, 4) is 5.75 Å². The van der Waals surface area contributed by atoms with Crippen LogP contribution < -0.4 is 4.74 Å². The van der Waals surface area contributed by atoms with E-state index in [2.05, 4.69) is 26.0 Å². The van der Waals surface area contributed by atoms with Crippen LogP contribution in [0.15, 0.2) is 24.3 Å². The second-order valence-electron chi connectivity index (χ2n) is 3.71. The molecule has 0 N–H and O–H groups in total. The van der Waals surface area contributed by atoms with E-state index in [9.17, 15) is 0 Å². The molecule has 1 rings (SSSR count). The van der Waals surface area contributed by atoms with E-state index in [4.69, 9.17) is 9.47 Å². The van der Waals surface area contributed by atoms with Crippen molar-refractivity contribution in [3.05, 3.63) is 29.8 Å². The highest BCUT2D eigenvalue weighted by molar-refractivity contribution is 5.27. The lowest BCUT2D eigenvalue weighted by molar-refractivity contribution is 0.135. The van der Waals surface area contributed by atoms with Gasteiger partial charge in [-0.2, -0.15) is 0 Å². The smallest absolute Gasteiger partial charge is 0.119 e. The molecule has 2 heteroatoms. The molecule has 1 aromatic rings. The minimum absolute atomic E-state index is 0.206. The van der Waals surface area contributed by atoms with E-state index in [-0.39, 0.29) is 6.10 Å². The van der Waals surface area contributed by atoms with Crippen LogP contribution in [0, 0.1) is 0 Å². The molecule has 0 radical (unpaired) electrons. The quantitative estimate of drug-likeness (QED) is 0.715. The summed E-state index contributed by atoms with van der Waals surface area (Å²) in [6, 6.07) is 8.28. The average Bonchev–Trinajstić information content (AvgIpc) is 2.27. The second kappa shape index (κ2) is 6.46. The summed E-state index contributed by atoms with van der Waals surface area (Å²) >= 11 is 0. The standard InChI is InChI=1S/C13H20O2/c1-4-12-5-7-13(8-6-12)15-11(2)9-10-14-3/h5-8,11H,4,9-10H2,1-3H3. The van der Waals surface area contributed by atoms with Gasteiger partial charge in [0.1, 0.15) is 5.75 Å². The fraction of sp³-hybridized carbons (Fsp3) is 0.538. The predicted molar refractivity (Wildman–Crippen MR) is 62.4 cm³/mol. The third-order valence-electron chi connectivity index (χ3n) is 2.40. The van der Waals surface area contributed by atoms with Gasteiger partial charge in [0.05, 0.1) is 6.10 Å². The number of ether oxygens (including phenoxy) is 2. The Labute approximate surface area is 92.2 Å². The molecule has 0 heterocycles. The van der Waals surface area contributed by atoms with Crippen LogP contribution in [0.4, 0.5) is 0 Å². The highest BCUT2D eigenvalue weighted by Crippen LogP contribution is 2.15. The van der Waals surface area contributed by atoms with Crippen molar-refractivity contribution in [1.29, 1.82) is 0 Å². The molecule has 1 atom stereocenters. The molecule has 0 aliphatic heterocycles. The lowest BCUT2D eigenvalue weighted by Crippen LogP contribution is -2.14. The SMILES string of the molecule is CCc1ccc(OC(C)CCOC)cc1. The van der Waals surface area contributed by atoms with Gasteiger partial charge in [-0.25, -0.2) is 0 Å². The van der Waals surface area contributed by atoms with Crippen LogP contribution in [-0.2, 0) is 11.2 Å². The molecule has 0 aromatic heterocycles. The first-order valence-corrected chi connectivity index (χ1v) is 5.50. The van der Waals surface area contributed by atoms with Crippen molar-refractivity contribution in [1.82, 2.24) is 0 Å². The van der Waals surface area contributed by atoms with Gasteiger partial charge in [-0.05, 0) is 31.0 Å². The van der Waals surface area contributed by atoms with Crippen LogP contribution in [0.5, 0.6) is 5.75 Å². The third-order valence-corrected chi connectivity index (χ3v) is 2.40. The van der Waals surface area contributed by atoms with Gasteiger partial charge in [0.2, 0.25) is 0 Å². The summed E-state index contributed by atoms with van der Waals surface area (Å²) in [6.45, 7) is 4.96. The van der Waals surface area contributed by atoms with E-state index in [1.165, 1.54) is 5.56 Å². The Balaban J connectivity index is 2.42. The predicted octanol–water partition coefficient (Wildman–Crippen LogP) is 3.05. The maximum Gasteiger partial charge on any atom is 0.119 e. The molecular formula is C13H20O2. The Morgan fingerprint density at radius 2 is 1.87 bits per heavy atom. The number of hydrogen-bond acceptors (Lipinski definition) is 2. The minimum atomic E-state index is 0.206. The second-order valence-corrected chi connectivity index (χ2v) is 3.71. The van der Waals surface area contributed by atoms with Gasteiger partial charge in [0.15, 0.2) is 0 Å². The van der Waals surface area contributed by atoms with Crippen LogP contribution in [0.3, 0.4) is 0 Å². The molecule has 15 heavy (non-hydrogen) atoms. The summed E-state index contributed by atoms with van der Waals surface area (Å²) in [5.41, 5.74) is 1.34. The molecule has 0 aliphatic rings. The molecule has 0 spiro atoms. The molecule has 84 valence electrons. The van der Waals surface area contributed by atoms with Crippen molar-refractivity contribution < 1.29 is 9.47 Å². The molecule has 0 saturated carbocycles. The van der Waals surface area contributed by atoms with Crippen LogP contribution in [-0.4, -0.2) is 19.8 Å². The average molecular weight is 208 g/mol. The molecular weight excluding hydrogens is 188 g/mol. The molecule has 1 aromatic carbocycles. The van der Waals surface area contributed by atoms with Crippen LogP contribution in [0.2, 0.25) is 0 Å². The first-order valence-electron chi connectivity index (χ1n) is 5.50. The first-order chi connectivity index (χ1) is 7.26. The topological polar surface area (TPSA) is 18.5 Å². The Morgan fingerprint density at radius 3 is 2.40 bits per heavy atom. The highest BCUT2D eigenvalue weighted by atomic mass is 16.5. The van der Waals surface area contributed by atoms with Crippen molar-refractivity contribution in [3.63, 3.8) is 0 Å². The van der Waals surface area contributed by atoms with E-state index < -0.39 is 0 Å². The largest absolute Gasteiger partial charge is 0.491 e. The molecule has 0 amide bonds. The molecule has 1 unspecified atom stereocenters. The fourth-order valence-electron chi connectivity index (χ4n) is 1.38. The summed E-state index contributed by atoms with van der Waals surface area (Å²) in [4.78, 5) is 0. The van der Waals surface area contributed by atoms with E-state index in [0.717, 1.165) is 25.2 Å². The molecule has 0 aliphatic carbocycles. The van der Waals surface area contributed by atoms with E-state index in [1.807, 2.05) is 12.1 Å². The lowest BCUT2D eigenvalue weighted by atomic mass is 10.2. The number of aryl methyl sites for hydroxylation is 1. The van der Waals surface area contributed by atoms with Crippen molar-refractivity contribution in [2.75, 3.05) is 13.7 Å². The van der Waals surface area contributed by atoms with Crippen LogP contribution >= 0.6 is 0 Å². The Bertz CT molecular complexity index is 266. The van der Waals surface area contributed by atoms with E-state index in [1.54, 1.807) is 7.11 Å². The van der Waals surface area contributed by atoms with Gasteiger partial charge >= 0.3 is 0 Å². The molecule has 2 nitrogen and oxygen atoms in total. The number of methoxy groups -OCH3 is 1. The van der Waals surface area contributed by atoms with Gasteiger partial charge in [0, 0.05) is 20.1 Å². The molecule has 0 bridgehead atoms. The van der Waals surface area contributed by atoms with Gasteiger partial charge in [-0.15, -0.1) is 0 Å². The summed E-state index contributed by atoms with van der Waals surface area (Å²) in [5, 5.41) is 0. The molecule has 0 fully saturated rings. The van der Waals surface area contributed by atoms with Crippen LogP contribution in [0.1, 0.15) is 25.8 Å². The number of hydrogen-bond donors (Lipinski definition) is 0. The summed E-state index contributed by atoms with van der Waals surface area (Å²) in [5.74, 6) is 0.941. The van der Waals surface area contributed by atoms with Gasteiger partial charge in [-0.3, -0.25) is 0 Å². The zero-order chi connectivity index (χ0) is 11.1. The number of benzene rings is 1. The maximum absolute atomic E-state index is 5.74. The zero-order valence-electron chi connectivity index (χ0n) is 9.82. The number of rotatable bonds is 6. The molecule has 0 saturated heterocycles. The minimum Gasteiger partial charge on any atom is -0.491 e.